The van der Waals surface area contributed by atoms with Gasteiger partial charge in [0.15, 0.2) is 0 Å². The molecule has 0 unspecified atom stereocenters. The summed E-state index contributed by atoms with van der Waals surface area (Å²) in [4.78, 5) is 24.7. The van der Waals surface area contributed by atoms with Crippen molar-refractivity contribution in [3.63, 3.8) is 0 Å². The van der Waals surface area contributed by atoms with Gasteiger partial charge >= 0.3 is 0 Å². The molecular weight excluding hydrogens is 364 g/mol. The maximum Gasteiger partial charge on any atom is 0.251 e. The normalized spacial score (nSPS) is 11.2. The van der Waals surface area contributed by atoms with Gasteiger partial charge in [-0.25, -0.2) is 4.68 Å². The SMILES string of the molecule is Cc1ccccc1-n1nc(C(C)(C)C)cc1NC(=O)CNC(=O)c1ccccc1. The van der Waals surface area contributed by atoms with Crippen LogP contribution in [-0.2, 0) is 10.2 Å². The Kier molecular flexibility index (Phi) is 5.82. The molecule has 0 bridgehead atoms. The quantitative estimate of drug-likeness (QED) is 0.695. The van der Waals surface area contributed by atoms with E-state index in [2.05, 4.69) is 31.4 Å². The fourth-order valence-corrected chi connectivity index (χ4v) is 2.86. The average Bonchev–Trinajstić information content (AvgIpc) is 3.11. The number of aryl methyl sites for hydroxylation is 1. The fourth-order valence-electron chi connectivity index (χ4n) is 2.86. The predicted octanol–water partition coefficient (Wildman–Crippen LogP) is 3.85. The lowest BCUT2D eigenvalue weighted by atomic mass is 9.92. The zero-order valence-electron chi connectivity index (χ0n) is 17.2. The van der Waals surface area contributed by atoms with E-state index in [-0.39, 0.29) is 23.8 Å². The number of anilines is 1. The molecule has 0 aliphatic carbocycles. The van der Waals surface area contributed by atoms with Crippen molar-refractivity contribution in [1.82, 2.24) is 15.1 Å². The molecule has 3 aromatic rings. The number of carbonyl (C=O) groups is 2. The van der Waals surface area contributed by atoms with Crippen molar-refractivity contribution in [3.8, 4) is 5.69 Å². The van der Waals surface area contributed by atoms with Crippen LogP contribution < -0.4 is 10.6 Å². The van der Waals surface area contributed by atoms with Gasteiger partial charge in [-0.3, -0.25) is 9.59 Å². The highest BCUT2D eigenvalue weighted by Crippen LogP contribution is 2.27. The summed E-state index contributed by atoms with van der Waals surface area (Å²) < 4.78 is 1.74. The Hall–Kier alpha value is -3.41. The molecule has 0 saturated carbocycles. The van der Waals surface area contributed by atoms with Crippen molar-refractivity contribution in [2.45, 2.75) is 33.1 Å². The third kappa shape index (κ3) is 4.90. The summed E-state index contributed by atoms with van der Waals surface area (Å²) >= 11 is 0. The Balaban J connectivity index is 1.79. The van der Waals surface area contributed by atoms with Crippen molar-refractivity contribution in [1.29, 1.82) is 0 Å². The van der Waals surface area contributed by atoms with E-state index in [1.54, 1.807) is 28.9 Å². The monoisotopic (exact) mass is 390 g/mol. The van der Waals surface area contributed by atoms with Gasteiger partial charge in [-0.1, -0.05) is 57.2 Å². The fraction of sp³-hybridized carbons (Fsp3) is 0.261. The van der Waals surface area contributed by atoms with Gasteiger partial charge in [0, 0.05) is 17.0 Å². The molecule has 0 fully saturated rings. The first-order valence-electron chi connectivity index (χ1n) is 9.55. The van der Waals surface area contributed by atoms with E-state index in [0.717, 1.165) is 16.9 Å². The number of nitrogens with zero attached hydrogens (tertiary/aromatic N) is 2. The molecule has 0 aliphatic heterocycles. The predicted molar refractivity (Wildman–Crippen MR) is 114 cm³/mol. The van der Waals surface area contributed by atoms with Gasteiger partial charge in [-0.05, 0) is 30.7 Å². The number of carbonyl (C=O) groups excluding carboxylic acids is 2. The van der Waals surface area contributed by atoms with Crippen LogP contribution >= 0.6 is 0 Å². The Morgan fingerprint density at radius 1 is 1.00 bits per heavy atom. The summed E-state index contributed by atoms with van der Waals surface area (Å²) in [6, 6.07) is 18.5. The van der Waals surface area contributed by atoms with Crippen molar-refractivity contribution in [3.05, 3.63) is 77.5 Å². The topological polar surface area (TPSA) is 76.0 Å². The van der Waals surface area contributed by atoms with Crippen LogP contribution in [0.4, 0.5) is 5.82 Å². The molecule has 2 aromatic carbocycles. The smallest absolute Gasteiger partial charge is 0.251 e. The van der Waals surface area contributed by atoms with Crippen LogP contribution in [0.15, 0.2) is 60.7 Å². The molecule has 29 heavy (non-hydrogen) atoms. The zero-order valence-corrected chi connectivity index (χ0v) is 17.2. The molecule has 0 atom stereocenters. The highest BCUT2D eigenvalue weighted by atomic mass is 16.2. The molecule has 0 radical (unpaired) electrons. The average molecular weight is 390 g/mol. The van der Waals surface area contributed by atoms with Crippen LogP contribution in [0, 0.1) is 6.92 Å². The van der Waals surface area contributed by atoms with E-state index in [0.29, 0.717) is 11.4 Å². The number of rotatable bonds is 5. The highest BCUT2D eigenvalue weighted by Gasteiger charge is 2.22. The van der Waals surface area contributed by atoms with E-state index >= 15 is 0 Å². The largest absolute Gasteiger partial charge is 0.343 e. The van der Waals surface area contributed by atoms with Gasteiger partial charge in [0.25, 0.3) is 5.91 Å². The number of para-hydroxylation sites is 1. The van der Waals surface area contributed by atoms with E-state index in [4.69, 9.17) is 5.10 Å². The molecule has 6 heteroatoms. The number of aromatic nitrogens is 2. The molecule has 3 rings (SSSR count). The van der Waals surface area contributed by atoms with Crippen LogP contribution in [0.2, 0.25) is 0 Å². The number of hydrogen-bond acceptors (Lipinski definition) is 3. The van der Waals surface area contributed by atoms with Gasteiger partial charge in [-0.15, -0.1) is 0 Å². The molecule has 1 heterocycles. The van der Waals surface area contributed by atoms with Crippen molar-refractivity contribution < 1.29 is 9.59 Å². The first-order chi connectivity index (χ1) is 13.8. The van der Waals surface area contributed by atoms with Crippen LogP contribution in [-0.4, -0.2) is 28.1 Å². The number of hydrogen-bond donors (Lipinski definition) is 2. The van der Waals surface area contributed by atoms with Crippen molar-refractivity contribution in [2.75, 3.05) is 11.9 Å². The van der Waals surface area contributed by atoms with Crippen LogP contribution in [0.5, 0.6) is 0 Å². The molecule has 6 nitrogen and oxygen atoms in total. The molecule has 0 aliphatic rings. The first-order valence-corrected chi connectivity index (χ1v) is 9.55. The number of amides is 2. The summed E-state index contributed by atoms with van der Waals surface area (Å²) in [5.74, 6) is -0.0313. The van der Waals surface area contributed by atoms with Crippen LogP contribution in [0.1, 0.15) is 42.4 Å². The van der Waals surface area contributed by atoms with Gasteiger partial charge in [-0.2, -0.15) is 5.10 Å². The zero-order chi connectivity index (χ0) is 21.0. The number of benzene rings is 2. The van der Waals surface area contributed by atoms with Gasteiger partial charge in [0.05, 0.1) is 17.9 Å². The maximum atomic E-state index is 12.5. The molecule has 2 N–H and O–H groups in total. The molecular formula is C23H26N4O2. The Morgan fingerprint density at radius 3 is 2.31 bits per heavy atom. The molecule has 1 aromatic heterocycles. The molecule has 0 saturated heterocycles. The lowest BCUT2D eigenvalue weighted by Crippen LogP contribution is -2.33. The Morgan fingerprint density at radius 2 is 1.66 bits per heavy atom. The molecule has 150 valence electrons. The summed E-state index contributed by atoms with van der Waals surface area (Å²) in [6.45, 7) is 8.09. The van der Waals surface area contributed by atoms with Gasteiger partial charge < -0.3 is 10.6 Å². The Bertz CT molecular complexity index is 1020. The van der Waals surface area contributed by atoms with Crippen molar-refractivity contribution >= 4 is 17.6 Å². The number of nitrogens with one attached hydrogen (secondary N) is 2. The van der Waals surface area contributed by atoms with E-state index in [9.17, 15) is 9.59 Å². The lowest BCUT2D eigenvalue weighted by molar-refractivity contribution is -0.115. The summed E-state index contributed by atoms with van der Waals surface area (Å²) in [5.41, 5.74) is 3.15. The molecule has 2 amide bonds. The summed E-state index contributed by atoms with van der Waals surface area (Å²) in [5, 5.41) is 10.3. The summed E-state index contributed by atoms with van der Waals surface area (Å²) in [6.07, 6.45) is 0. The Labute approximate surface area is 170 Å². The standard InChI is InChI=1S/C23H26N4O2/c1-16-10-8-9-13-18(16)27-20(14-19(26-27)23(2,3)4)25-21(28)15-24-22(29)17-11-6-5-7-12-17/h5-14H,15H2,1-4H3,(H,24,29)(H,25,28). The minimum Gasteiger partial charge on any atom is -0.343 e. The van der Waals surface area contributed by atoms with Gasteiger partial charge in [0.1, 0.15) is 5.82 Å². The van der Waals surface area contributed by atoms with Gasteiger partial charge in [0.2, 0.25) is 5.91 Å². The second-order valence-corrected chi connectivity index (χ2v) is 7.96. The summed E-state index contributed by atoms with van der Waals surface area (Å²) in [7, 11) is 0. The third-order valence-corrected chi connectivity index (χ3v) is 4.53. The minimum atomic E-state index is -0.315. The van der Waals surface area contributed by atoms with Crippen molar-refractivity contribution in [2.24, 2.45) is 0 Å². The molecule has 0 spiro atoms. The van der Waals surface area contributed by atoms with Crippen LogP contribution in [0.3, 0.4) is 0 Å². The second kappa shape index (κ2) is 8.31. The maximum absolute atomic E-state index is 12.5. The first kappa shape index (κ1) is 20.3. The van der Waals surface area contributed by atoms with E-state index < -0.39 is 0 Å². The minimum absolute atomic E-state index is 0.127. The lowest BCUT2D eigenvalue weighted by Gasteiger charge is -2.14. The van der Waals surface area contributed by atoms with Crippen LogP contribution in [0.25, 0.3) is 5.69 Å². The van der Waals surface area contributed by atoms with E-state index in [1.807, 2.05) is 43.3 Å². The van der Waals surface area contributed by atoms with E-state index in [1.165, 1.54) is 0 Å². The second-order valence-electron chi connectivity index (χ2n) is 7.96. The highest BCUT2D eigenvalue weighted by molar-refractivity contribution is 5.99. The third-order valence-electron chi connectivity index (χ3n) is 4.53.